The van der Waals surface area contributed by atoms with Gasteiger partial charge in [0, 0.05) is 5.56 Å². The van der Waals surface area contributed by atoms with Crippen molar-refractivity contribution in [3.63, 3.8) is 0 Å². The fraction of sp³-hybridized carbons (Fsp3) is 0.0556. The first kappa shape index (κ1) is 14.7. The van der Waals surface area contributed by atoms with E-state index in [0.717, 1.165) is 0 Å². The number of para-hydroxylation sites is 1. The third-order valence-electron chi connectivity index (χ3n) is 3.53. The molecule has 3 rings (SSSR count). The van der Waals surface area contributed by atoms with Gasteiger partial charge in [-0.1, -0.05) is 48.5 Å². The number of aromatic carboxylic acids is 1. The van der Waals surface area contributed by atoms with Crippen LogP contribution in [0, 0.1) is 6.92 Å². The standard InChI is InChI=1S/C18H14N2O3/c1-12-19-16(13-8-4-2-5-9-13)15(18(22)23)17(21)20(12)14-10-6-3-7-11-14/h2-11H,1H3,(H,22,23). The normalized spacial score (nSPS) is 10.5. The minimum Gasteiger partial charge on any atom is -0.477 e. The number of carboxylic acids is 1. The van der Waals surface area contributed by atoms with Crippen molar-refractivity contribution >= 4 is 5.97 Å². The van der Waals surface area contributed by atoms with E-state index in [1.54, 1.807) is 55.5 Å². The molecule has 1 N–H and O–H groups in total. The van der Waals surface area contributed by atoms with Crippen molar-refractivity contribution in [2.75, 3.05) is 0 Å². The Bertz CT molecular complexity index is 916. The van der Waals surface area contributed by atoms with E-state index in [2.05, 4.69) is 4.98 Å². The van der Waals surface area contributed by atoms with Gasteiger partial charge in [-0.2, -0.15) is 0 Å². The molecule has 1 aromatic heterocycles. The first-order chi connectivity index (χ1) is 11.1. The Hall–Kier alpha value is -3.21. The van der Waals surface area contributed by atoms with E-state index in [1.807, 2.05) is 12.1 Å². The van der Waals surface area contributed by atoms with Gasteiger partial charge in [-0.3, -0.25) is 9.36 Å². The van der Waals surface area contributed by atoms with Gasteiger partial charge in [0.25, 0.3) is 5.56 Å². The van der Waals surface area contributed by atoms with Gasteiger partial charge in [-0.25, -0.2) is 9.78 Å². The molecule has 0 atom stereocenters. The van der Waals surface area contributed by atoms with Gasteiger partial charge in [-0.15, -0.1) is 0 Å². The van der Waals surface area contributed by atoms with Crippen LogP contribution in [0.3, 0.4) is 0 Å². The lowest BCUT2D eigenvalue weighted by Gasteiger charge is -2.13. The van der Waals surface area contributed by atoms with E-state index in [1.165, 1.54) is 4.57 Å². The summed E-state index contributed by atoms with van der Waals surface area (Å²) in [6, 6.07) is 17.7. The highest BCUT2D eigenvalue weighted by atomic mass is 16.4. The van der Waals surface area contributed by atoms with E-state index < -0.39 is 11.5 Å². The van der Waals surface area contributed by atoms with Crippen LogP contribution in [0.25, 0.3) is 16.9 Å². The number of rotatable bonds is 3. The predicted octanol–water partition coefficient (Wildman–Crippen LogP) is 2.91. The second kappa shape index (κ2) is 5.88. The maximum absolute atomic E-state index is 12.8. The van der Waals surface area contributed by atoms with Crippen LogP contribution in [0.15, 0.2) is 65.5 Å². The van der Waals surface area contributed by atoms with Gasteiger partial charge in [0.1, 0.15) is 5.82 Å². The highest BCUT2D eigenvalue weighted by Gasteiger charge is 2.22. The zero-order valence-corrected chi connectivity index (χ0v) is 12.4. The molecule has 2 aromatic carbocycles. The summed E-state index contributed by atoms with van der Waals surface area (Å²) in [5, 5.41) is 9.52. The quantitative estimate of drug-likeness (QED) is 0.807. The first-order valence-corrected chi connectivity index (χ1v) is 7.07. The third kappa shape index (κ3) is 2.64. The van der Waals surface area contributed by atoms with Crippen LogP contribution in [0.2, 0.25) is 0 Å². The Morgan fingerprint density at radius 1 is 1.00 bits per heavy atom. The molecular formula is C18H14N2O3. The Kier molecular flexibility index (Phi) is 3.76. The van der Waals surface area contributed by atoms with Crippen LogP contribution in [0.5, 0.6) is 0 Å². The summed E-state index contributed by atoms with van der Waals surface area (Å²) in [6.45, 7) is 1.69. The van der Waals surface area contributed by atoms with E-state index in [-0.39, 0.29) is 11.3 Å². The number of carbonyl (C=O) groups is 1. The first-order valence-electron chi connectivity index (χ1n) is 7.07. The van der Waals surface area contributed by atoms with Crippen LogP contribution in [0.1, 0.15) is 16.2 Å². The molecule has 0 aliphatic heterocycles. The molecule has 0 amide bonds. The third-order valence-corrected chi connectivity index (χ3v) is 3.53. The number of nitrogens with zero attached hydrogens (tertiary/aromatic N) is 2. The maximum atomic E-state index is 12.8. The highest BCUT2D eigenvalue weighted by molar-refractivity contribution is 5.94. The van der Waals surface area contributed by atoms with Crippen LogP contribution >= 0.6 is 0 Å². The lowest BCUT2D eigenvalue weighted by molar-refractivity contribution is 0.0695. The highest BCUT2D eigenvalue weighted by Crippen LogP contribution is 2.20. The summed E-state index contributed by atoms with van der Waals surface area (Å²) in [7, 11) is 0. The monoisotopic (exact) mass is 306 g/mol. The second-order valence-corrected chi connectivity index (χ2v) is 5.03. The number of hydrogen-bond donors (Lipinski definition) is 1. The minimum absolute atomic E-state index is 0.188. The maximum Gasteiger partial charge on any atom is 0.343 e. The van der Waals surface area contributed by atoms with Crippen LogP contribution in [-0.4, -0.2) is 20.6 Å². The van der Waals surface area contributed by atoms with Crippen molar-refractivity contribution in [2.24, 2.45) is 0 Å². The lowest BCUT2D eigenvalue weighted by atomic mass is 10.1. The molecular weight excluding hydrogens is 292 g/mol. The van der Waals surface area contributed by atoms with Gasteiger partial charge >= 0.3 is 5.97 Å². The molecule has 0 unspecified atom stereocenters. The summed E-state index contributed by atoms with van der Waals surface area (Å²) < 4.78 is 1.32. The zero-order valence-electron chi connectivity index (χ0n) is 12.4. The van der Waals surface area contributed by atoms with Crippen molar-refractivity contribution in [3.05, 3.63) is 82.4 Å². The van der Waals surface area contributed by atoms with Gasteiger partial charge in [-0.05, 0) is 19.1 Å². The molecule has 1 heterocycles. The van der Waals surface area contributed by atoms with Gasteiger partial charge < -0.3 is 5.11 Å². The van der Waals surface area contributed by atoms with Crippen LogP contribution in [0.4, 0.5) is 0 Å². The van der Waals surface area contributed by atoms with E-state index >= 15 is 0 Å². The Balaban J connectivity index is 2.34. The van der Waals surface area contributed by atoms with Crippen LogP contribution < -0.4 is 5.56 Å². The van der Waals surface area contributed by atoms with Crippen molar-refractivity contribution in [1.82, 2.24) is 9.55 Å². The Labute approximate surface area is 132 Å². The topological polar surface area (TPSA) is 72.2 Å². The van der Waals surface area contributed by atoms with E-state index in [0.29, 0.717) is 17.1 Å². The average molecular weight is 306 g/mol. The summed E-state index contributed by atoms with van der Waals surface area (Å²) in [5.74, 6) is -0.851. The van der Waals surface area contributed by atoms with Gasteiger partial charge in [0.2, 0.25) is 0 Å². The number of aromatic nitrogens is 2. The molecule has 5 nitrogen and oxygen atoms in total. The average Bonchev–Trinajstić information content (AvgIpc) is 2.55. The molecule has 0 saturated heterocycles. The molecule has 5 heteroatoms. The second-order valence-electron chi connectivity index (χ2n) is 5.03. The number of benzene rings is 2. The smallest absolute Gasteiger partial charge is 0.343 e. The molecule has 0 bridgehead atoms. The molecule has 0 radical (unpaired) electrons. The van der Waals surface area contributed by atoms with Crippen molar-refractivity contribution in [3.8, 4) is 16.9 Å². The van der Waals surface area contributed by atoms with Crippen molar-refractivity contribution in [2.45, 2.75) is 6.92 Å². The molecule has 23 heavy (non-hydrogen) atoms. The molecule has 0 saturated carbocycles. The Morgan fingerprint density at radius 3 is 2.13 bits per heavy atom. The van der Waals surface area contributed by atoms with E-state index in [9.17, 15) is 14.7 Å². The Morgan fingerprint density at radius 2 is 1.57 bits per heavy atom. The van der Waals surface area contributed by atoms with E-state index in [4.69, 9.17) is 0 Å². The SMILES string of the molecule is Cc1nc(-c2ccccc2)c(C(=O)O)c(=O)n1-c1ccccc1. The largest absolute Gasteiger partial charge is 0.477 e. The molecule has 0 aliphatic rings. The lowest BCUT2D eigenvalue weighted by Crippen LogP contribution is -2.29. The van der Waals surface area contributed by atoms with Crippen LogP contribution in [-0.2, 0) is 0 Å². The molecule has 0 spiro atoms. The predicted molar refractivity (Wildman–Crippen MR) is 87.0 cm³/mol. The summed E-state index contributed by atoms with van der Waals surface area (Å²) in [4.78, 5) is 28.8. The number of carboxylic acid groups (broad SMARTS) is 1. The van der Waals surface area contributed by atoms with Crippen molar-refractivity contribution < 1.29 is 9.90 Å². The van der Waals surface area contributed by atoms with Crippen molar-refractivity contribution in [1.29, 1.82) is 0 Å². The fourth-order valence-corrected chi connectivity index (χ4v) is 2.51. The van der Waals surface area contributed by atoms with Gasteiger partial charge in [0.15, 0.2) is 5.56 Å². The fourth-order valence-electron chi connectivity index (χ4n) is 2.51. The minimum atomic E-state index is -1.29. The summed E-state index contributed by atoms with van der Waals surface area (Å²) >= 11 is 0. The molecule has 3 aromatic rings. The molecule has 0 fully saturated rings. The summed E-state index contributed by atoms with van der Waals surface area (Å²) in [6.07, 6.45) is 0. The number of aryl methyl sites for hydroxylation is 1. The molecule has 114 valence electrons. The number of hydrogen-bond acceptors (Lipinski definition) is 3. The summed E-state index contributed by atoms with van der Waals surface area (Å²) in [5.41, 5.74) is 0.461. The van der Waals surface area contributed by atoms with Gasteiger partial charge in [0.05, 0.1) is 11.4 Å². The zero-order chi connectivity index (χ0) is 16.4. The molecule has 0 aliphatic carbocycles.